The zero-order valence-electron chi connectivity index (χ0n) is 19.8. The Morgan fingerprint density at radius 2 is 1.22 bits per heavy atom. The lowest BCUT2D eigenvalue weighted by Gasteiger charge is -2.48. The van der Waals surface area contributed by atoms with E-state index in [0.29, 0.717) is 0 Å². The summed E-state index contributed by atoms with van der Waals surface area (Å²) in [6.45, 7) is -1.07. The van der Waals surface area contributed by atoms with Crippen molar-refractivity contribution in [1.82, 2.24) is 5.32 Å². The third-order valence-corrected chi connectivity index (χ3v) is 6.56. The fourth-order valence-electron chi connectivity index (χ4n) is 4.52. The van der Waals surface area contributed by atoms with Crippen LogP contribution in [0.3, 0.4) is 0 Å². The molecule has 0 aromatic heterocycles. The molecule has 12 N–H and O–H groups in total. The van der Waals surface area contributed by atoms with E-state index in [2.05, 4.69) is 5.32 Å². The summed E-state index contributed by atoms with van der Waals surface area (Å²) in [4.78, 5) is 11.5. The molecule has 15 atom stereocenters. The number of carbonyl (C=O) groups is 1. The van der Waals surface area contributed by atoms with Crippen LogP contribution >= 0.6 is 0 Å². The number of aliphatic hydroxyl groups excluding tert-OH is 9. The van der Waals surface area contributed by atoms with Gasteiger partial charge in [0.25, 0.3) is 0 Å². The van der Waals surface area contributed by atoms with Crippen molar-refractivity contribution in [3.63, 3.8) is 0 Å². The van der Waals surface area contributed by atoms with Crippen LogP contribution in [0, 0.1) is 0 Å². The summed E-state index contributed by atoms with van der Waals surface area (Å²) in [6, 6.07) is -1.17. The third kappa shape index (κ3) is 6.38. The molecular weight excluding hydrogens is 508 g/mol. The lowest BCUT2D eigenvalue weighted by atomic mass is 9.94. The highest BCUT2D eigenvalue weighted by Gasteiger charge is 2.53. The van der Waals surface area contributed by atoms with Crippen LogP contribution in [-0.2, 0) is 28.5 Å². The normalized spacial score (nSPS) is 49.0. The molecule has 3 rings (SSSR count). The van der Waals surface area contributed by atoms with Crippen LogP contribution in [0.15, 0.2) is 0 Å². The van der Waals surface area contributed by atoms with E-state index >= 15 is 0 Å². The molecule has 37 heavy (non-hydrogen) atoms. The van der Waals surface area contributed by atoms with E-state index < -0.39 is 118 Å². The van der Waals surface area contributed by atoms with Gasteiger partial charge in [0, 0.05) is 6.92 Å². The van der Waals surface area contributed by atoms with Gasteiger partial charge in [0.2, 0.25) is 5.91 Å². The van der Waals surface area contributed by atoms with Crippen LogP contribution in [0.4, 0.5) is 0 Å². The summed E-state index contributed by atoms with van der Waals surface area (Å²) >= 11 is 0. The van der Waals surface area contributed by atoms with Crippen LogP contribution in [0.1, 0.15) is 6.92 Å². The third-order valence-electron chi connectivity index (χ3n) is 6.56. The quantitative estimate of drug-likeness (QED) is 0.135. The number of amides is 1. The first-order valence-electron chi connectivity index (χ1n) is 11.7. The average Bonchev–Trinajstić information content (AvgIpc) is 2.86. The van der Waals surface area contributed by atoms with E-state index in [1.54, 1.807) is 0 Å². The van der Waals surface area contributed by atoms with Crippen molar-refractivity contribution in [2.75, 3.05) is 19.8 Å². The highest BCUT2D eigenvalue weighted by molar-refractivity contribution is 5.73. The van der Waals surface area contributed by atoms with Crippen LogP contribution < -0.4 is 11.1 Å². The van der Waals surface area contributed by atoms with Gasteiger partial charge in [0.05, 0.1) is 25.9 Å². The first kappa shape index (κ1) is 30.4. The molecule has 0 saturated carbocycles. The molecular formula is C20H36N2O15. The lowest BCUT2D eigenvalue weighted by Crippen LogP contribution is -2.69. The number of nitrogens with one attached hydrogen (secondary N) is 1. The van der Waals surface area contributed by atoms with Crippen molar-refractivity contribution in [2.45, 2.75) is 98.9 Å². The van der Waals surface area contributed by atoms with Gasteiger partial charge < -0.3 is 80.7 Å². The Balaban J connectivity index is 1.80. The molecule has 3 heterocycles. The molecule has 3 fully saturated rings. The number of carbonyl (C=O) groups excluding carboxylic acids is 1. The molecule has 3 aliphatic rings. The van der Waals surface area contributed by atoms with Crippen molar-refractivity contribution in [3.8, 4) is 0 Å². The van der Waals surface area contributed by atoms with Gasteiger partial charge in [0.1, 0.15) is 73.4 Å². The Bertz CT molecular complexity index is 749. The second-order valence-electron chi connectivity index (χ2n) is 9.14. The molecule has 17 heteroatoms. The Labute approximate surface area is 210 Å². The summed E-state index contributed by atoms with van der Waals surface area (Å²) in [5.41, 5.74) is 5.83. The topological polar surface area (TPSA) is 283 Å². The zero-order valence-corrected chi connectivity index (χ0v) is 19.8. The van der Waals surface area contributed by atoms with Crippen molar-refractivity contribution in [3.05, 3.63) is 0 Å². The fourth-order valence-corrected chi connectivity index (χ4v) is 4.52. The summed E-state index contributed by atoms with van der Waals surface area (Å²) in [5, 5.41) is 93.7. The number of ether oxygens (including phenoxy) is 5. The second kappa shape index (κ2) is 12.8. The Kier molecular flexibility index (Phi) is 10.5. The summed E-state index contributed by atoms with van der Waals surface area (Å²) in [7, 11) is 0. The van der Waals surface area contributed by atoms with Gasteiger partial charge in [-0.3, -0.25) is 4.79 Å². The minimum atomic E-state index is -1.88. The van der Waals surface area contributed by atoms with E-state index in [1.165, 1.54) is 6.92 Å². The van der Waals surface area contributed by atoms with Gasteiger partial charge in [-0.05, 0) is 0 Å². The smallest absolute Gasteiger partial charge is 0.217 e. The maximum Gasteiger partial charge on any atom is 0.217 e. The minimum Gasteiger partial charge on any atom is -0.394 e. The standard InChI is InChI=1S/C20H36N2O15/c1-5(26)22-9-12(29)16(8(4-25)33-18(9)21)36-20-15(32)17(11(28)7(3-24)35-20)37-19-14(31)13(30)10(27)6(2-23)34-19/h6-20,23-25,27-32H,2-4,21H2,1H3,(H,22,26)/t6-,7-,8-,9-,10+,11+,12-,13+,14-,15-,16-,17+,18?,19?,20?/m1/s1. The summed E-state index contributed by atoms with van der Waals surface area (Å²) < 4.78 is 27.3. The van der Waals surface area contributed by atoms with Crippen LogP contribution in [0.2, 0.25) is 0 Å². The highest BCUT2D eigenvalue weighted by atomic mass is 16.7. The molecule has 0 bridgehead atoms. The van der Waals surface area contributed by atoms with Gasteiger partial charge >= 0.3 is 0 Å². The number of rotatable bonds is 8. The van der Waals surface area contributed by atoms with Gasteiger partial charge in [-0.15, -0.1) is 0 Å². The Morgan fingerprint density at radius 1 is 0.703 bits per heavy atom. The van der Waals surface area contributed by atoms with Crippen molar-refractivity contribution in [2.24, 2.45) is 5.73 Å². The number of nitrogens with two attached hydrogens (primary N) is 1. The van der Waals surface area contributed by atoms with E-state index in [0.717, 1.165) is 0 Å². The minimum absolute atomic E-state index is 0.547. The fraction of sp³-hybridized carbons (Fsp3) is 0.950. The largest absolute Gasteiger partial charge is 0.394 e. The van der Waals surface area contributed by atoms with Gasteiger partial charge in [-0.2, -0.15) is 0 Å². The molecule has 3 unspecified atom stereocenters. The summed E-state index contributed by atoms with van der Waals surface area (Å²) in [6.07, 6.45) is -22.4. The maximum atomic E-state index is 11.5. The van der Waals surface area contributed by atoms with E-state index in [1.807, 2.05) is 0 Å². The summed E-state index contributed by atoms with van der Waals surface area (Å²) in [5.74, 6) is -0.547. The van der Waals surface area contributed by atoms with Crippen molar-refractivity contribution in [1.29, 1.82) is 0 Å². The molecule has 0 aromatic carbocycles. The van der Waals surface area contributed by atoms with E-state index in [-0.39, 0.29) is 0 Å². The molecule has 0 aliphatic carbocycles. The molecule has 3 saturated heterocycles. The molecule has 0 spiro atoms. The maximum absolute atomic E-state index is 11.5. The van der Waals surface area contributed by atoms with Crippen molar-refractivity contribution >= 4 is 5.91 Å². The predicted octanol–water partition coefficient (Wildman–Crippen LogP) is -7.46. The van der Waals surface area contributed by atoms with Crippen LogP contribution in [0.25, 0.3) is 0 Å². The molecule has 0 radical (unpaired) electrons. The molecule has 3 aliphatic heterocycles. The second-order valence-corrected chi connectivity index (χ2v) is 9.14. The van der Waals surface area contributed by atoms with E-state index in [4.69, 9.17) is 29.4 Å². The molecule has 216 valence electrons. The number of hydrogen-bond donors (Lipinski definition) is 11. The number of aliphatic hydroxyl groups is 9. The van der Waals surface area contributed by atoms with Crippen LogP contribution in [-0.4, -0.2) is 164 Å². The molecule has 0 aromatic rings. The molecule has 17 nitrogen and oxygen atoms in total. The lowest BCUT2D eigenvalue weighted by molar-refractivity contribution is -0.371. The highest BCUT2D eigenvalue weighted by Crippen LogP contribution is 2.32. The monoisotopic (exact) mass is 544 g/mol. The average molecular weight is 545 g/mol. The Morgan fingerprint density at radius 3 is 1.76 bits per heavy atom. The molecule has 1 amide bonds. The predicted molar refractivity (Wildman–Crippen MR) is 115 cm³/mol. The van der Waals surface area contributed by atoms with Crippen molar-refractivity contribution < 1.29 is 74.4 Å². The SMILES string of the molecule is CC(=O)N[C@H]1C(N)O[C@H](CO)[C@@H](OC2O[C@H](CO)[C@H](O)[C@H](OC3O[C@H](CO)[C@H](O)[C@H](O)[C@H]3O)[C@H]2O)[C@@H]1O. The van der Waals surface area contributed by atoms with E-state index in [9.17, 15) is 50.8 Å². The number of hydrogen-bond acceptors (Lipinski definition) is 16. The Hall–Kier alpha value is -1.13. The van der Waals surface area contributed by atoms with Crippen LogP contribution in [0.5, 0.6) is 0 Å². The van der Waals surface area contributed by atoms with Gasteiger partial charge in [0.15, 0.2) is 12.6 Å². The first-order chi connectivity index (χ1) is 17.4. The van der Waals surface area contributed by atoms with Gasteiger partial charge in [-0.25, -0.2) is 0 Å². The first-order valence-corrected chi connectivity index (χ1v) is 11.7. The zero-order chi connectivity index (χ0) is 27.6. The van der Waals surface area contributed by atoms with Gasteiger partial charge in [-0.1, -0.05) is 0 Å².